The Morgan fingerprint density at radius 3 is 2.36 bits per heavy atom. The number of thioether (sulfide) groups is 1. The van der Waals surface area contributed by atoms with Gasteiger partial charge >= 0.3 is 6.18 Å². The third-order valence-electron chi connectivity index (χ3n) is 2.00. The molecule has 78 valence electrons. The Bertz CT molecular complexity index is 318. The van der Waals surface area contributed by atoms with Crippen LogP contribution in [0, 0.1) is 0 Å². The Labute approximate surface area is 85.5 Å². The fourth-order valence-electron chi connectivity index (χ4n) is 1.27. The summed E-state index contributed by atoms with van der Waals surface area (Å²) < 4.78 is 37.4. The molecule has 0 aliphatic carbocycles. The van der Waals surface area contributed by atoms with Crippen molar-refractivity contribution in [2.45, 2.75) is 24.4 Å². The largest absolute Gasteiger partial charge is 0.416 e. The van der Waals surface area contributed by atoms with E-state index >= 15 is 0 Å². The van der Waals surface area contributed by atoms with E-state index in [0.717, 1.165) is 11.0 Å². The highest BCUT2D eigenvalue weighted by Gasteiger charge is 2.32. The summed E-state index contributed by atoms with van der Waals surface area (Å²) in [4.78, 5) is 0.870. The first kappa shape index (κ1) is 11.4. The van der Waals surface area contributed by atoms with E-state index in [1.165, 1.54) is 17.8 Å². The lowest BCUT2D eigenvalue weighted by molar-refractivity contribution is -0.138. The van der Waals surface area contributed by atoms with Crippen molar-refractivity contribution in [2.24, 2.45) is 0 Å². The molecule has 0 aliphatic rings. The normalized spacial score (nSPS) is 11.8. The van der Waals surface area contributed by atoms with Crippen molar-refractivity contribution in [1.29, 1.82) is 0 Å². The number of alkyl halides is 3. The molecule has 0 spiro atoms. The van der Waals surface area contributed by atoms with E-state index < -0.39 is 11.7 Å². The molecule has 0 saturated carbocycles. The average molecular weight is 220 g/mol. The summed E-state index contributed by atoms with van der Waals surface area (Å²) in [6.07, 6.45) is -1.98. The fraction of sp³-hybridized carbons (Fsp3) is 0.400. The Morgan fingerprint density at radius 2 is 1.93 bits per heavy atom. The molecule has 1 aromatic carbocycles. The van der Waals surface area contributed by atoms with Crippen LogP contribution in [0.5, 0.6) is 0 Å². The summed E-state index contributed by atoms with van der Waals surface area (Å²) in [5.41, 5.74) is -0.151. The summed E-state index contributed by atoms with van der Waals surface area (Å²) in [7, 11) is 0. The lowest BCUT2D eigenvalue weighted by Crippen LogP contribution is -2.08. The van der Waals surface area contributed by atoms with Crippen LogP contribution in [0.2, 0.25) is 0 Å². The van der Waals surface area contributed by atoms with E-state index in [0.29, 0.717) is 12.0 Å². The first-order valence-electron chi connectivity index (χ1n) is 4.23. The minimum atomic E-state index is -4.23. The van der Waals surface area contributed by atoms with Gasteiger partial charge in [0.1, 0.15) is 0 Å². The molecule has 0 heterocycles. The Morgan fingerprint density at radius 1 is 1.29 bits per heavy atom. The van der Waals surface area contributed by atoms with E-state index in [1.54, 1.807) is 13.0 Å². The second-order valence-electron chi connectivity index (χ2n) is 2.87. The highest BCUT2D eigenvalue weighted by molar-refractivity contribution is 7.98. The maximum atomic E-state index is 12.5. The summed E-state index contributed by atoms with van der Waals surface area (Å²) in [6.45, 7) is 1.73. The zero-order chi connectivity index (χ0) is 10.8. The van der Waals surface area contributed by atoms with Crippen LogP contribution in [0.25, 0.3) is 0 Å². The number of rotatable bonds is 2. The van der Waals surface area contributed by atoms with Gasteiger partial charge in [0.2, 0.25) is 0 Å². The van der Waals surface area contributed by atoms with Gasteiger partial charge in [0.25, 0.3) is 0 Å². The second kappa shape index (κ2) is 4.26. The van der Waals surface area contributed by atoms with Gasteiger partial charge in [-0.05, 0) is 36.4 Å². The van der Waals surface area contributed by atoms with Gasteiger partial charge in [-0.1, -0.05) is 6.92 Å². The number of aryl methyl sites for hydroxylation is 1. The number of halogens is 3. The molecule has 0 amide bonds. The number of hydrogen-bond donors (Lipinski definition) is 0. The molecule has 1 aromatic rings. The van der Waals surface area contributed by atoms with Gasteiger partial charge in [0.15, 0.2) is 0 Å². The second-order valence-corrected chi connectivity index (χ2v) is 3.75. The van der Waals surface area contributed by atoms with Gasteiger partial charge in [-0.3, -0.25) is 0 Å². The lowest BCUT2D eigenvalue weighted by Gasteiger charge is -2.12. The van der Waals surface area contributed by atoms with E-state index in [4.69, 9.17) is 0 Å². The first-order chi connectivity index (χ1) is 6.49. The SMILES string of the molecule is CCc1cc(SC)ccc1C(F)(F)F. The highest BCUT2D eigenvalue weighted by Crippen LogP contribution is 2.33. The van der Waals surface area contributed by atoms with E-state index in [2.05, 4.69) is 0 Å². The van der Waals surface area contributed by atoms with Crippen molar-refractivity contribution in [3.05, 3.63) is 29.3 Å². The molecule has 0 nitrogen and oxygen atoms in total. The van der Waals surface area contributed by atoms with Crippen LogP contribution in [-0.2, 0) is 12.6 Å². The zero-order valence-electron chi connectivity index (χ0n) is 7.98. The van der Waals surface area contributed by atoms with Crippen molar-refractivity contribution in [1.82, 2.24) is 0 Å². The smallest absolute Gasteiger partial charge is 0.166 e. The third kappa shape index (κ3) is 2.44. The molecular formula is C10H11F3S. The maximum Gasteiger partial charge on any atom is 0.416 e. The van der Waals surface area contributed by atoms with Crippen molar-refractivity contribution in [2.75, 3.05) is 6.26 Å². The Kier molecular flexibility index (Phi) is 3.48. The van der Waals surface area contributed by atoms with Gasteiger partial charge in [-0.25, -0.2) is 0 Å². The number of benzene rings is 1. The molecule has 0 N–H and O–H groups in total. The van der Waals surface area contributed by atoms with Crippen LogP contribution in [0.4, 0.5) is 13.2 Å². The highest BCUT2D eigenvalue weighted by atomic mass is 32.2. The minimum Gasteiger partial charge on any atom is -0.166 e. The Hall–Kier alpha value is -0.640. The van der Waals surface area contributed by atoms with E-state index in [9.17, 15) is 13.2 Å². The molecular weight excluding hydrogens is 209 g/mol. The molecule has 0 unspecified atom stereocenters. The molecule has 0 radical (unpaired) electrons. The lowest BCUT2D eigenvalue weighted by atomic mass is 10.1. The van der Waals surface area contributed by atoms with Gasteiger partial charge in [-0.15, -0.1) is 11.8 Å². The van der Waals surface area contributed by atoms with Crippen LogP contribution in [0.1, 0.15) is 18.1 Å². The molecule has 0 aromatic heterocycles. The van der Waals surface area contributed by atoms with Gasteiger partial charge in [-0.2, -0.15) is 13.2 Å². The quantitative estimate of drug-likeness (QED) is 0.679. The number of hydrogen-bond acceptors (Lipinski definition) is 1. The van der Waals surface area contributed by atoms with Crippen molar-refractivity contribution in [3.8, 4) is 0 Å². The van der Waals surface area contributed by atoms with Crippen LogP contribution in [0.3, 0.4) is 0 Å². The van der Waals surface area contributed by atoms with E-state index in [-0.39, 0.29) is 0 Å². The van der Waals surface area contributed by atoms with Crippen LogP contribution in [-0.4, -0.2) is 6.26 Å². The first-order valence-corrected chi connectivity index (χ1v) is 5.45. The predicted octanol–water partition coefficient (Wildman–Crippen LogP) is 3.99. The van der Waals surface area contributed by atoms with E-state index in [1.807, 2.05) is 6.26 Å². The van der Waals surface area contributed by atoms with Gasteiger partial charge in [0.05, 0.1) is 5.56 Å². The molecule has 1 rings (SSSR count). The topological polar surface area (TPSA) is 0 Å². The van der Waals surface area contributed by atoms with Gasteiger partial charge in [0, 0.05) is 4.90 Å². The fourth-order valence-corrected chi connectivity index (χ4v) is 1.73. The molecule has 0 fully saturated rings. The minimum absolute atomic E-state index is 0.365. The summed E-state index contributed by atoms with van der Waals surface area (Å²) >= 11 is 1.45. The molecule has 0 saturated heterocycles. The molecule has 0 aliphatic heterocycles. The van der Waals surface area contributed by atoms with Crippen LogP contribution in [0.15, 0.2) is 23.1 Å². The monoisotopic (exact) mass is 220 g/mol. The van der Waals surface area contributed by atoms with Crippen molar-refractivity contribution >= 4 is 11.8 Å². The Balaban J connectivity index is 3.18. The summed E-state index contributed by atoms with van der Waals surface area (Å²) in [5.74, 6) is 0. The van der Waals surface area contributed by atoms with Crippen LogP contribution < -0.4 is 0 Å². The standard InChI is InChI=1S/C10H11F3S/c1-3-7-6-8(14-2)4-5-9(7)10(11,12)13/h4-6H,3H2,1-2H3. The average Bonchev–Trinajstić information content (AvgIpc) is 2.15. The summed E-state index contributed by atoms with van der Waals surface area (Å²) in [6, 6.07) is 4.27. The zero-order valence-corrected chi connectivity index (χ0v) is 8.80. The molecule has 4 heteroatoms. The molecule has 0 bridgehead atoms. The van der Waals surface area contributed by atoms with Crippen molar-refractivity contribution < 1.29 is 13.2 Å². The van der Waals surface area contributed by atoms with Gasteiger partial charge < -0.3 is 0 Å². The maximum absolute atomic E-state index is 12.5. The summed E-state index contributed by atoms with van der Waals surface area (Å²) in [5, 5.41) is 0. The van der Waals surface area contributed by atoms with Crippen LogP contribution >= 0.6 is 11.8 Å². The third-order valence-corrected chi connectivity index (χ3v) is 2.72. The molecule has 0 atom stereocenters. The molecule has 14 heavy (non-hydrogen) atoms. The van der Waals surface area contributed by atoms with Crippen molar-refractivity contribution in [3.63, 3.8) is 0 Å². The predicted molar refractivity (Wildman–Crippen MR) is 52.6 cm³/mol.